The van der Waals surface area contributed by atoms with E-state index in [-0.39, 0.29) is 12.3 Å². The first kappa shape index (κ1) is 20.1. The van der Waals surface area contributed by atoms with Crippen LogP contribution in [0, 0.1) is 0 Å². The average molecular weight is 394 g/mol. The molecule has 1 atom stereocenters. The number of hydrogen-bond donors (Lipinski definition) is 1. The molecule has 1 heterocycles. The highest BCUT2D eigenvalue weighted by Crippen LogP contribution is 2.33. The summed E-state index contributed by atoms with van der Waals surface area (Å²) in [6.07, 6.45) is 3.44. The molecule has 0 bridgehead atoms. The summed E-state index contributed by atoms with van der Waals surface area (Å²) in [6, 6.07) is 14.0. The molecule has 3 rings (SSSR count). The average Bonchev–Trinajstić information content (AvgIpc) is 2.72. The zero-order valence-electron chi connectivity index (χ0n) is 16.3. The molecule has 0 aliphatic carbocycles. The molecule has 0 saturated carbocycles. The van der Waals surface area contributed by atoms with E-state index in [0.29, 0.717) is 11.4 Å². The van der Waals surface area contributed by atoms with E-state index < -0.39 is 24.5 Å². The number of esters is 1. The van der Waals surface area contributed by atoms with Gasteiger partial charge in [-0.25, -0.2) is 0 Å². The van der Waals surface area contributed by atoms with Crippen molar-refractivity contribution in [1.29, 1.82) is 0 Å². The van der Waals surface area contributed by atoms with Crippen molar-refractivity contribution in [1.82, 2.24) is 4.90 Å². The van der Waals surface area contributed by atoms with E-state index in [1.807, 2.05) is 30.3 Å². The number of para-hydroxylation sites is 2. The van der Waals surface area contributed by atoms with Crippen molar-refractivity contribution in [3.8, 4) is 5.75 Å². The number of fused-ring (bicyclic) bond motifs is 1. The van der Waals surface area contributed by atoms with Crippen molar-refractivity contribution in [3.63, 3.8) is 0 Å². The van der Waals surface area contributed by atoms with Crippen LogP contribution in [0.4, 0.5) is 5.69 Å². The maximum atomic E-state index is 12.4. The minimum atomic E-state index is -0.568. The number of rotatable bonds is 6. The standard InChI is InChI=1S/C22H22N2O5/c1-15(25)24-12-11-16-7-3-4-8-17(16)19(24)13-22(27)29-14-21(26)23-18-9-5-6-10-20(18)28-2/h3-12,19H,13-14H2,1-2H3,(H,23,26)/t19-/m0/s1. The van der Waals surface area contributed by atoms with Gasteiger partial charge >= 0.3 is 5.97 Å². The number of benzene rings is 2. The molecular weight excluding hydrogens is 372 g/mol. The number of ether oxygens (including phenoxy) is 2. The van der Waals surface area contributed by atoms with Crippen LogP contribution >= 0.6 is 0 Å². The number of methoxy groups -OCH3 is 1. The Kier molecular flexibility index (Phi) is 6.29. The van der Waals surface area contributed by atoms with Gasteiger partial charge < -0.3 is 19.7 Å². The highest BCUT2D eigenvalue weighted by atomic mass is 16.5. The van der Waals surface area contributed by atoms with Gasteiger partial charge in [-0.1, -0.05) is 36.4 Å². The molecule has 0 saturated heterocycles. The lowest BCUT2D eigenvalue weighted by atomic mass is 9.94. The number of amides is 2. The normalized spacial score (nSPS) is 14.7. The summed E-state index contributed by atoms with van der Waals surface area (Å²) in [5.74, 6) is -0.714. The third kappa shape index (κ3) is 4.82. The van der Waals surface area contributed by atoms with Gasteiger partial charge in [0.2, 0.25) is 5.91 Å². The summed E-state index contributed by atoms with van der Waals surface area (Å²) in [6.45, 7) is 1.01. The minimum absolute atomic E-state index is 0.0527. The summed E-state index contributed by atoms with van der Waals surface area (Å²) in [7, 11) is 1.50. The Balaban J connectivity index is 1.61. The molecule has 150 valence electrons. The van der Waals surface area contributed by atoms with E-state index in [1.165, 1.54) is 18.9 Å². The summed E-state index contributed by atoms with van der Waals surface area (Å²) in [5.41, 5.74) is 2.29. The van der Waals surface area contributed by atoms with Crippen LogP contribution in [-0.2, 0) is 19.1 Å². The molecule has 0 radical (unpaired) electrons. The van der Waals surface area contributed by atoms with Crippen molar-refractivity contribution in [2.24, 2.45) is 0 Å². The van der Waals surface area contributed by atoms with Crippen LogP contribution in [0.1, 0.15) is 30.5 Å². The van der Waals surface area contributed by atoms with Gasteiger partial charge in [-0.2, -0.15) is 0 Å². The van der Waals surface area contributed by atoms with Crippen molar-refractivity contribution in [3.05, 3.63) is 65.9 Å². The Hall–Kier alpha value is -3.61. The van der Waals surface area contributed by atoms with E-state index in [0.717, 1.165) is 11.1 Å². The maximum absolute atomic E-state index is 12.4. The molecule has 7 nitrogen and oxygen atoms in total. The van der Waals surface area contributed by atoms with Crippen LogP contribution < -0.4 is 10.1 Å². The first-order chi connectivity index (χ1) is 14.0. The third-order valence-corrected chi connectivity index (χ3v) is 4.57. The Morgan fingerprint density at radius 3 is 2.55 bits per heavy atom. The Morgan fingerprint density at radius 1 is 1.07 bits per heavy atom. The minimum Gasteiger partial charge on any atom is -0.495 e. The molecule has 2 aromatic rings. The summed E-state index contributed by atoms with van der Waals surface area (Å²) in [5, 5.41) is 2.65. The molecule has 0 unspecified atom stereocenters. The maximum Gasteiger partial charge on any atom is 0.308 e. The zero-order valence-corrected chi connectivity index (χ0v) is 16.3. The van der Waals surface area contributed by atoms with E-state index in [4.69, 9.17) is 9.47 Å². The Bertz CT molecular complexity index is 954. The zero-order chi connectivity index (χ0) is 20.8. The number of carbonyl (C=O) groups is 3. The molecule has 1 aliphatic heterocycles. The monoisotopic (exact) mass is 394 g/mol. The van der Waals surface area contributed by atoms with Crippen LogP contribution in [-0.4, -0.2) is 36.4 Å². The fraction of sp³-hybridized carbons (Fsp3) is 0.227. The quantitative estimate of drug-likeness (QED) is 0.761. The van der Waals surface area contributed by atoms with Gasteiger partial charge in [0.05, 0.1) is 25.3 Å². The first-order valence-electron chi connectivity index (χ1n) is 9.14. The molecule has 0 aromatic heterocycles. The molecule has 1 aliphatic rings. The number of nitrogens with one attached hydrogen (secondary N) is 1. The van der Waals surface area contributed by atoms with Crippen LogP contribution in [0.2, 0.25) is 0 Å². The van der Waals surface area contributed by atoms with Crippen molar-refractivity contribution in [2.45, 2.75) is 19.4 Å². The second kappa shape index (κ2) is 9.05. The van der Waals surface area contributed by atoms with Gasteiger partial charge in [0.1, 0.15) is 5.75 Å². The fourth-order valence-corrected chi connectivity index (χ4v) is 3.21. The number of nitrogens with zero attached hydrogens (tertiary/aromatic N) is 1. The number of anilines is 1. The molecular formula is C22H22N2O5. The van der Waals surface area contributed by atoms with Crippen LogP contribution in [0.15, 0.2) is 54.7 Å². The fourth-order valence-electron chi connectivity index (χ4n) is 3.21. The molecule has 0 fully saturated rings. The third-order valence-electron chi connectivity index (χ3n) is 4.57. The second-order valence-corrected chi connectivity index (χ2v) is 6.50. The van der Waals surface area contributed by atoms with E-state index in [2.05, 4.69) is 5.32 Å². The molecule has 1 N–H and O–H groups in total. The second-order valence-electron chi connectivity index (χ2n) is 6.50. The largest absolute Gasteiger partial charge is 0.495 e. The van der Waals surface area contributed by atoms with E-state index >= 15 is 0 Å². The molecule has 2 aromatic carbocycles. The van der Waals surface area contributed by atoms with Gasteiger partial charge in [-0.15, -0.1) is 0 Å². The van der Waals surface area contributed by atoms with Gasteiger partial charge in [0.15, 0.2) is 6.61 Å². The Morgan fingerprint density at radius 2 is 1.79 bits per heavy atom. The van der Waals surface area contributed by atoms with Crippen molar-refractivity contribution >= 4 is 29.5 Å². The van der Waals surface area contributed by atoms with Crippen LogP contribution in [0.5, 0.6) is 5.75 Å². The van der Waals surface area contributed by atoms with Gasteiger partial charge in [0, 0.05) is 13.1 Å². The SMILES string of the molecule is COc1ccccc1NC(=O)COC(=O)C[C@H]1c2ccccc2C=CN1C(C)=O. The molecule has 29 heavy (non-hydrogen) atoms. The van der Waals surface area contributed by atoms with Crippen molar-refractivity contribution in [2.75, 3.05) is 19.0 Å². The summed E-state index contributed by atoms with van der Waals surface area (Å²) < 4.78 is 10.3. The first-order valence-corrected chi connectivity index (χ1v) is 9.14. The lowest BCUT2D eigenvalue weighted by molar-refractivity contribution is -0.149. The summed E-state index contributed by atoms with van der Waals surface area (Å²) in [4.78, 5) is 38.0. The van der Waals surface area contributed by atoms with Crippen molar-refractivity contribution < 1.29 is 23.9 Å². The topological polar surface area (TPSA) is 84.9 Å². The van der Waals surface area contributed by atoms with E-state index in [9.17, 15) is 14.4 Å². The van der Waals surface area contributed by atoms with Crippen LogP contribution in [0.3, 0.4) is 0 Å². The summed E-state index contributed by atoms with van der Waals surface area (Å²) >= 11 is 0. The number of carbonyl (C=O) groups excluding carboxylic acids is 3. The molecule has 7 heteroatoms. The molecule has 0 spiro atoms. The smallest absolute Gasteiger partial charge is 0.308 e. The predicted octanol–water partition coefficient (Wildman–Crippen LogP) is 3.14. The number of hydrogen-bond acceptors (Lipinski definition) is 5. The lowest BCUT2D eigenvalue weighted by Crippen LogP contribution is -2.33. The lowest BCUT2D eigenvalue weighted by Gasteiger charge is -2.32. The van der Waals surface area contributed by atoms with E-state index in [1.54, 1.807) is 30.5 Å². The van der Waals surface area contributed by atoms with Gasteiger partial charge in [-0.3, -0.25) is 14.4 Å². The van der Waals surface area contributed by atoms with Gasteiger partial charge in [-0.05, 0) is 29.3 Å². The highest BCUT2D eigenvalue weighted by molar-refractivity contribution is 5.94. The van der Waals surface area contributed by atoms with Crippen LogP contribution in [0.25, 0.3) is 6.08 Å². The highest BCUT2D eigenvalue weighted by Gasteiger charge is 2.29. The Labute approximate surface area is 168 Å². The predicted molar refractivity (Wildman–Crippen MR) is 108 cm³/mol. The van der Waals surface area contributed by atoms with Gasteiger partial charge in [0.25, 0.3) is 5.91 Å². The molecule has 2 amide bonds.